The Kier molecular flexibility index (Phi) is 7.05. The summed E-state index contributed by atoms with van der Waals surface area (Å²) in [5.74, 6) is -0.358. The lowest BCUT2D eigenvalue weighted by atomic mass is 10.1. The molecule has 2 heterocycles. The third-order valence-electron chi connectivity index (χ3n) is 5.11. The Bertz CT molecular complexity index is 1360. The Morgan fingerprint density at radius 2 is 1.53 bits per heavy atom. The highest BCUT2D eigenvalue weighted by Crippen LogP contribution is 2.22. The standard InChI is InChI=1S/C25H22N4O4S/c30-24(31)15-20-4-1-5-21(14-20)18-29(34(32,33)23-6-2-11-26-16-23)17-19-7-9-22(10-8-19)25-27-12-3-13-28-25/h1-14,16H,15,17-18H2,(H,30,31). The van der Waals surface area contributed by atoms with Crippen molar-refractivity contribution in [1.82, 2.24) is 19.3 Å². The highest BCUT2D eigenvalue weighted by Gasteiger charge is 2.25. The number of pyridine rings is 1. The number of hydrogen-bond acceptors (Lipinski definition) is 6. The number of carbonyl (C=O) groups is 1. The summed E-state index contributed by atoms with van der Waals surface area (Å²) in [6.07, 6.45) is 6.03. The van der Waals surface area contributed by atoms with Gasteiger partial charge >= 0.3 is 5.97 Å². The maximum Gasteiger partial charge on any atom is 0.307 e. The van der Waals surface area contributed by atoms with Crippen LogP contribution < -0.4 is 0 Å². The number of rotatable bonds is 9. The lowest BCUT2D eigenvalue weighted by Crippen LogP contribution is -2.30. The molecule has 1 N–H and O–H groups in total. The van der Waals surface area contributed by atoms with Gasteiger partial charge in [0.2, 0.25) is 10.0 Å². The summed E-state index contributed by atoms with van der Waals surface area (Å²) in [6.45, 7) is 0.199. The molecule has 4 aromatic rings. The Balaban J connectivity index is 1.64. The zero-order valence-corrected chi connectivity index (χ0v) is 19.0. The molecule has 0 radical (unpaired) electrons. The largest absolute Gasteiger partial charge is 0.481 e. The number of nitrogens with zero attached hydrogens (tertiary/aromatic N) is 4. The van der Waals surface area contributed by atoms with Crippen LogP contribution in [0, 0.1) is 0 Å². The van der Waals surface area contributed by atoms with Crippen LogP contribution in [-0.4, -0.2) is 38.8 Å². The zero-order valence-electron chi connectivity index (χ0n) is 18.2. The monoisotopic (exact) mass is 474 g/mol. The number of hydrogen-bond donors (Lipinski definition) is 1. The summed E-state index contributed by atoms with van der Waals surface area (Å²) in [5.41, 5.74) is 2.91. The van der Waals surface area contributed by atoms with Crippen molar-refractivity contribution in [2.24, 2.45) is 0 Å². The fraction of sp³-hybridized carbons (Fsp3) is 0.120. The SMILES string of the molecule is O=C(O)Cc1cccc(CN(Cc2ccc(-c3ncccn3)cc2)S(=O)(=O)c2cccnc2)c1. The first-order valence-corrected chi connectivity index (χ1v) is 11.9. The van der Waals surface area contributed by atoms with Crippen molar-refractivity contribution in [3.8, 4) is 11.4 Å². The molecule has 0 bridgehead atoms. The van der Waals surface area contributed by atoms with Gasteiger partial charge in [0.1, 0.15) is 4.90 Å². The second-order valence-corrected chi connectivity index (χ2v) is 9.56. The van der Waals surface area contributed by atoms with Crippen LogP contribution in [0.5, 0.6) is 0 Å². The van der Waals surface area contributed by atoms with Gasteiger partial charge in [-0.1, -0.05) is 48.5 Å². The maximum absolute atomic E-state index is 13.5. The van der Waals surface area contributed by atoms with E-state index in [-0.39, 0.29) is 24.4 Å². The number of carboxylic acids is 1. The summed E-state index contributed by atoms with van der Waals surface area (Å²) in [5, 5.41) is 9.10. The lowest BCUT2D eigenvalue weighted by molar-refractivity contribution is -0.136. The van der Waals surface area contributed by atoms with Gasteiger partial charge < -0.3 is 5.11 Å². The first kappa shape index (κ1) is 23.2. The van der Waals surface area contributed by atoms with Gasteiger partial charge in [0.15, 0.2) is 5.82 Å². The molecular weight excluding hydrogens is 452 g/mol. The Morgan fingerprint density at radius 3 is 2.21 bits per heavy atom. The molecule has 0 saturated heterocycles. The second kappa shape index (κ2) is 10.3. The topological polar surface area (TPSA) is 113 Å². The quantitative estimate of drug-likeness (QED) is 0.395. The van der Waals surface area contributed by atoms with Crippen molar-refractivity contribution in [3.05, 3.63) is 108 Å². The van der Waals surface area contributed by atoms with E-state index < -0.39 is 16.0 Å². The first-order chi connectivity index (χ1) is 16.4. The second-order valence-electron chi connectivity index (χ2n) is 7.62. The predicted molar refractivity (Wildman–Crippen MR) is 126 cm³/mol. The highest BCUT2D eigenvalue weighted by molar-refractivity contribution is 7.89. The third-order valence-corrected chi connectivity index (χ3v) is 6.89. The summed E-state index contributed by atoms with van der Waals surface area (Å²) in [6, 6.07) is 19.2. The van der Waals surface area contributed by atoms with Crippen molar-refractivity contribution >= 4 is 16.0 Å². The van der Waals surface area contributed by atoms with Crippen LogP contribution in [0.3, 0.4) is 0 Å². The minimum atomic E-state index is -3.87. The average Bonchev–Trinajstić information content (AvgIpc) is 2.85. The molecule has 0 spiro atoms. The summed E-state index contributed by atoms with van der Waals surface area (Å²) in [7, 11) is -3.87. The molecule has 0 aliphatic carbocycles. The fourth-order valence-corrected chi connectivity index (χ4v) is 4.88. The van der Waals surface area contributed by atoms with E-state index in [2.05, 4.69) is 15.0 Å². The van der Waals surface area contributed by atoms with Gasteiger partial charge in [0, 0.05) is 43.4 Å². The van der Waals surface area contributed by atoms with E-state index in [1.807, 2.05) is 24.3 Å². The van der Waals surface area contributed by atoms with E-state index in [0.717, 1.165) is 11.1 Å². The number of carboxylic acid groups (broad SMARTS) is 1. The predicted octanol–water partition coefficient (Wildman–Crippen LogP) is 3.56. The molecule has 0 unspecified atom stereocenters. The minimum Gasteiger partial charge on any atom is -0.481 e. The van der Waals surface area contributed by atoms with E-state index in [4.69, 9.17) is 5.11 Å². The van der Waals surface area contributed by atoms with E-state index >= 15 is 0 Å². The number of aliphatic carboxylic acids is 1. The van der Waals surface area contributed by atoms with Crippen LogP contribution in [0.25, 0.3) is 11.4 Å². The minimum absolute atomic E-state index is 0.0776. The lowest BCUT2D eigenvalue weighted by Gasteiger charge is -2.23. The van der Waals surface area contributed by atoms with Gasteiger partial charge in [0.05, 0.1) is 6.42 Å². The molecule has 0 aliphatic rings. The van der Waals surface area contributed by atoms with Gasteiger partial charge in [-0.3, -0.25) is 9.78 Å². The zero-order chi connectivity index (χ0) is 24.0. The normalized spacial score (nSPS) is 11.4. The van der Waals surface area contributed by atoms with Crippen LogP contribution in [-0.2, 0) is 34.3 Å². The summed E-state index contributed by atoms with van der Waals surface area (Å²) < 4.78 is 28.3. The van der Waals surface area contributed by atoms with Crippen molar-refractivity contribution in [2.45, 2.75) is 24.4 Å². The number of sulfonamides is 1. The van der Waals surface area contributed by atoms with E-state index in [1.165, 1.54) is 22.8 Å². The summed E-state index contributed by atoms with van der Waals surface area (Å²) >= 11 is 0. The van der Waals surface area contributed by atoms with Crippen LogP contribution in [0.2, 0.25) is 0 Å². The average molecular weight is 475 g/mol. The Labute approximate surface area is 197 Å². The van der Waals surface area contributed by atoms with Crippen LogP contribution >= 0.6 is 0 Å². The van der Waals surface area contributed by atoms with Crippen LogP contribution in [0.15, 0.2) is 96.4 Å². The highest BCUT2D eigenvalue weighted by atomic mass is 32.2. The molecule has 0 amide bonds. The van der Waals surface area contributed by atoms with E-state index in [9.17, 15) is 13.2 Å². The Hall–Kier alpha value is -3.95. The molecule has 8 nitrogen and oxygen atoms in total. The van der Waals surface area contributed by atoms with Crippen molar-refractivity contribution in [2.75, 3.05) is 0 Å². The molecule has 0 saturated carbocycles. The molecule has 0 fully saturated rings. The molecule has 0 atom stereocenters. The van der Waals surface area contributed by atoms with Gasteiger partial charge in [-0.05, 0) is 34.9 Å². The van der Waals surface area contributed by atoms with Gasteiger partial charge in [0.25, 0.3) is 0 Å². The van der Waals surface area contributed by atoms with Gasteiger partial charge in [-0.2, -0.15) is 4.31 Å². The van der Waals surface area contributed by atoms with Gasteiger partial charge in [-0.15, -0.1) is 0 Å². The smallest absolute Gasteiger partial charge is 0.307 e. The molecule has 34 heavy (non-hydrogen) atoms. The fourth-order valence-electron chi connectivity index (χ4n) is 3.50. The van der Waals surface area contributed by atoms with E-state index in [0.29, 0.717) is 17.0 Å². The first-order valence-electron chi connectivity index (χ1n) is 10.5. The van der Waals surface area contributed by atoms with Crippen molar-refractivity contribution in [1.29, 1.82) is 0 Å². The molecule has 9 heteroatoms. The van der Waals surface area contributed by atoms with Crippen LogP contribution in [0.1, 0.15) is 16.7 Å². The summed E-state index contributed by atoms with van der Waals surface area (Å²) in [4.78, 5) is 23.6. The molecule has 2 aromatic carbocycles. The van der Waals surface area contributed by atoms with Crippen LogP contribution in [0.4, 0.5) is 0 Å². The molecule has 0 aliphatic heterocycles. The Morgan fingerprint density at radius 1 is 0.824 bits per heavy atom. The maximum atomic E-state index is 13.5. The number of aromatic nitrogens is 3. The third kappa shape index (κ3) is 5.69. The van der Waals surface area contributed by atoms with Gasteiger partial charge in [-0.25, -0.2) is 18.4 Å². The molecular formula is C25H22N4O4S. The number of benzene rings is 2. The molecule has 2 aromatic heterocycles. The van der Waals surface area contributed by atoms with Crippen molar-refractivity contribution in [3.63, 3.8) is 0 Å². The molecule has 4 rings (SSSR count). The molecule has 172 valence electrons. The van der Waals surface area contributed by atoms with Crippen molar-refractivity contribution < 1.29 is 18.3 Å². The van der Waals surface area contributed by atoms with E-state index in [1.54, 1.807) is 48.8 Å².